The minimum Gasteiger partial charge on any atom is -0.444 e. The lowest BCUT2D eigenvalue weighted by molar-refractivity contribution is 0.0158. The molecular weight excluding hydrogens is 182 g/mol. The second-order valence-corrected chi connectivity index (χ2v) is 4.34. The topological polar surface area (TPSA) is 49.8 Å². The van der Waals surface area contributed by atoms with Gasteiger partial charge in [-0.1, -0.05) is 6.92 Å². The number of aliphatic hydroxyl groups excluding tert-OH is 1. The third-order valence-electron chi connectivity index (χ3n) is 1.91. The number of aliphatic hydroxyl groups is 1. The van der Waals surface area contributed by atoms with Crippen LogP contribution in [0, 0.1) is 0 Å². The number of carbonyl (C=O) groups excluding carboxylic acids is 1. The first kappa shape index (κ1) is 13.2. The van der Waals surface area contributed by atoms with Crippen LogP contribution in [0.25, 0.3) is 0 Å². The minimum absolute atomic E-state index is 0.0355. The highest BCUT2D eigenvalue weighted by Gasteiger charge is 2.23. The molecule has 84 valence electrons. The third-order valence-corrected chi connectivity index (χ3v) is 1.91. The molecule has 4 nitrogen and oxygen atoms in total. The van der Waals surface area contributed by atoms with Crippen molar-refractivity contribution in [1.82, 2.24) is 4.90 Å². The lowest BCUT2D eigenvalue weighted by Crippen LogP contribution is -2.42. The summed E-state index contributed by atoms with van der Waals surface area (Å²) in [4.78, 5) is 12.9. The number of hydrogen-bond donors (Lipinski definition) is 1. The zero-order chi connectivity index (χ0) is 11.4. The van der Waals surface area contributed by atoms with E-state index in [1.807, 2.05) is 27.7 Å². The molecule has 0 aliphatic rings. The Kier molecular flexibility index (Phi) is 4.91. The Balaban J connectivity index is 4.24. The minimum atomic E-state index is -0.487. The molecule has 0 heterocycles. The van der Waals surface area contributed by atoms with Gasteiger partial charge in [-0.05, 0) is 27.2 Å². The number of ether oxygens (including phenoxy) is 1. The van der Waals surface area contributed by atoms with E-state index in [2.05, 4.69) is 0 Å². The molecule has 0 aromatic carbocycles. The van der Waals surface area contributed by atoms with Crippen molar-refractivity contribution >= 4 is 6.09 Å². The van der Waals surface area contributed by atoms with Gasteiger partial charge in [0.25, 0.3) is 0 Å². The molecule has 0 saturated carbocycles. The summed E-state index contributed by atoms with van der Waals surface area (Å²) in [6.45, 7) is 7.34. The number of hydrogen-bond acceptors (Lipinski definition) is 3. The molecule has 0 aromatic rings. The van der Waals surface area contributed by atoms with Crippen molar-refractivity contribution in [1.29, 1.82) is 0 Å². The number of rotatable bonds is 3. The van der Waals surface area contributed by atoms with E-state index in [1.165, 1.54) is 4.90 Å². The van der Waals surface area contributed by atoms with Crippen LogP contribution in [0.3, 0.4) is 0 Å². The molecule has 4 heteroatoms. The lowest BCUT2D eigenvalue weighted by atomic mass is 10.2. The smallest absolute Gasteiger partial charge is 0.410 e. The Morgan fingerprint density at radius 3 is 2.29 bits per heavy atom. The Bertz CT molecular complexity index is 182. The van der Waals surface area contributed by atoms with Gasteiger partial charge >= 0.3 is 6.09 Å². The van der Waals surface area contributed by atoms with Crippen LogP contribution in [-0.4, -0.2) is 41.4 Å². The summed E-state index contributed by atoms with van der Waals surface area (Å²) in [6.07, 6.45) is 0.324. The van der Waals surface area contributed by atoms with Crippen LogP contribution in [0.15, 0.2) is 0 Å². The van der Waals surface area contributed by atoms with Gasteiger partial charge in [0.1, 0.15) is 5.60 Å². The summed E-state index contributed by atoms with van der Waals surface area (Å²) in [5, 5.41) is 8.99. The average Bonchev–Trinajstić information content (AvgIpc) is 2.03. The first-order valence-electron chi connectivity index (χ1n) is 4.88. The van der Waals surface area contributed by atoms with E-state index in [0.717, 1.165) is 0 Å². The highest BCUT2D eigenvalue weighted by molar-refractivity contribution is 5.68. The molecule has 1 atom stereocenters. The van der Waals surface area contributed by atoms with E-state index in [-0.39, 0.29) is 12.6 Å². The fraction of sp³-hybridized carbons (Fsp3) is 0.900. The van der Waals surface area contributed by atoms with Gasteiger partial charge in [-0.2, -0.15) is 0 Å². The summed E-state index contributed by atoms with van der Waals surface area (Å²) in [5.41, 5.74) is -0.487. The summed E-state index contributed by atoms with van der Waals surface area (Å²) < 4.78 is 5.16. The highest BCUT2D eigenvalue weighted by Crippen LogP contribution is 2.11. The van der Waals surface area contributed by atoms with Crippen molar-refractivity contribution in [3.05, 3.63) is 0 Å². The second-order valence-electron chi connectivity index (χ2n) is 4.34. The maximum absolute atomic E-state index is 11.5. The van der Waals surface area contributed by atoms with Gasteiger partial charge in [-0.25, -0.2) is 4.79 Å². The number of likely N-dealkylation sites (N-methyl/N-ethyl adjacent to an activating group) is 1. The Morgan fingerprint density at radius 1 is 1.50 bits per heavy atom. The van der Waals surface area contributed by atoms with Gasteiger partial charge in [0.2, 0.25) is 0 Å². The Hall–Kier alpha value is -0.770. The number of carbonyl (C=O) groups is 1. The van der Waals surface area contributed by atoms with Crippen molar-refractivity contribution in [3.63, 3.8) is 0 Å². The summed E-state index contributed by atoms with van der Waals surface area (Å²) in [6, 6.07) is -0.162. The van der Waals surface area contributed by atoms with Crippen LogP contribution >= 0.6 is 0 Å². The predicted octanol–water partition coefficient (Wildman–Crippen LogP) is 1.62. The molecule has 0 aliphatic carbocycles. The molecule has 0 saturated heterocycles. The molecule has 0 fully saturated rings. The van der Waals surface area contributed by atoms with Gasteiger partial charge in [0.05, 0.1) is 12.6 Å². The Morgan fingerprint density at radius 2 is 2.00 bits per heavy atom. The standard InChI is InChI=1S/C10H21NO3/c1-6-8(7-12)11(5)9(13)14-10(2,3)4/h8,12H,6-7H2,1-5H3/t8-/m0/s1. The van der Waals surface area contributed by atoms with Gasteiger partial charge in [0, 0.05) is 7.05 Å². The summed E-state index contributed by atoms with van der Waals surface area (Å²) >= 11 is 0. The van der Waals surface area contributed by atoms with Crippen LogP contribution in [-0.2, 0) is 4.74 Å². The maximum atomic E-state index is 11.5. The van der Waals surface area contributed by atoms with Crippen molar-refractivity contribution in [3.8, 4) is 0 Å². The SMILES string of the molecule is CC[C@@H](CO)N(C)C(=O)OC(C)(C)C. The highest BCUT2D eigenvalue weighted by atomic mass is 16.6. The molecular formula is C10H21NO3. The molecule has 0 unspecified atom stereocenters. The van der Waals surface area contributed by atoms with E-state index in [0.29, 0.717) is 6.42 Å². The molecule has 1 N–H and O–H groups in total. The van der Waals surface area contributed by atoms with Gasteiger partial charge in [-0.15, -0.1) is 0 Å². The van der Waals surface area contributed by atoms with Crippen LogP contribution < -0.4 is 0 Å². The van der Waals surface area contributed by atoms with Crippen molar-refractivity contribution in [2.75, 3.05) is 13.7 Å². The summed E-state index contributed by atoms with van der Waals surface area (Å²) in [5.74, 6) is 0. The first-order chi connectivity index (χ1) is 6.31. The fourth-order valence-corrected chi connectivity index (χ4v) is 1.01. The normalized spacial score (nSPS) is 13.6. The van der Waals surface area contributed by atoms with E-state index in [9.17, 15) is 4.79 Å². The van der Waals surface area contributed by atoms with E-state index < -0.39 is 11.7 Å². The summed E-state index contributed by atoms with van der Waals surface area (Å²) in [7, 11) is 1.64. The number of amides is 1. The quantitative estimate of drug-likeness (QED) is 0.758. The number of nitrogens with zero attached hydrogens (tertiary/aromatic N) is 1. The molecule has 0 aliphatic heterocycles. The fourth-order valence-electron chi connectivity index (χ4n) is 1.01. The van der Waals surface area contributed by atoms with Crippen molar-refractivity contribution in [2.24, 2.45) is 0 Å². The maximum Gasteiger partial charge on any atom is 0.410 e. The largest absolute Gasteiger partial charge is 0.444 e. The molecule has 0 bridgehead atoms. The van der Waals surface area contributed by atoms with Crippen molar-refractivity contribution < 1.29 is 14.6 Å². The Labute approximate surface area is 85.9 Å². The monoisotopic (exact) mass is 203 g/mol. The lowest BCUT2D eigenvalue weighted by Gasteiger charge is -2.29. The molecule has 14 heavy (non-hydrogen) atoms. The van der Waals surface area contributed by atoms with Crippen LogP contribution in [0.5, 0.6) is 0 Å². The van der Waals surface area contributed by atoms with Crippen LogP contribution in [0.2, 0.25) is 0 Å². The molecule has 0 spiro atoms. The third kappa shape index (κ3) is 4.46. The van der Waals surface area contributed by atoms with E-state index >= 15 is 0 Å². The van der Waals surface area contributed by atoms with E-state index in [4.69, 9.17) is 9.84 Å². The van der Waals surface area contributed by atoms with Crippen LogP contribution in [0.1, 0.15) is 34.1 Å². The average molecular weight is 203 g/mol. The first-order valence-corrected chi connectivity index (χ1v) is 4.88. The zero-order valence-corrected chi connectivity index (χ0v) is 9.70. The van der Waals surface area contributed by atoms with Gasteiger partial charge in [0.15, 0.2) is 0 Å². The van der Waals surface area contributed by atoms with E-state index in [1.54, 1.807) is 7.05 Å². The van der Waals surface area contributed by atoms with Gasteiger partial charge in [-0.3, -0.25) is 0 Å². The molecule has 0 rings (SSSR count). The predicted molar refractivity (Wildman–Crippen MR) is 55.2 cm³/mol. The second kappa shape index (κ2) is 5.20. The molecule has 0 radical (unpaired) electrons. The molecule has 0 aromatic heterocycles. The van der Waals surface area contributed by atoms with Gasteiger partial charge < -0.3 is 14.7 Å². The van der Waals surface area contributed by atoms with Crippen LogP contribution in [0.4, 0.5) is 4.79 Å². The zero-order valence-electron chi connectivity index (χ0n) is 9.70. The van der Waals surface area contributed by atoms with Crippen molar-refractivity contribution in [2.45, 2.75) is 45.8 Å². The molecule has 1 amide bonds.